The summed E-state index contributed by atoms with van der Waals surface area (Å²) in [6, 6.07) is 9.55. The van der Waals surface area contributed by atoms with E-state index in [1.807, 2.05) is 46.0 Å². The number of amides is 1. The molecule has 3 aromatic rings. The Bertz CT molecular complexity index is 1030. The van der Waals surface area contributed by atoms with Crippen molar-refractivity contribution in [3.63, 3.8) is 0 Å². The Kier molecular flexibility index (Phi) is 4.81. The van der Waals surface area contributed by atoms with E-state index in [-0.39, 0.29) is 11.8 Å². The summed E-state index contributed by atoms with van der Waals surface area (Å²) in [5, 5.41) is 12.6. The zero-order chi connectivity index (χ0) is 19.7. The van der Waals surface area contributed by atoms with Gasteiger partial charge in [-0.25, -0.2) is 4.68 Å². The van der Waals surface area contributed by atoms with Crippen LogP contribution in [0, 0.1) is 6.92 Å². The van der Waals surface area contributed by atoms with Gasteiger partial charge in [-0.1, -0.05) is 32.1 Å². The van der Waals surface area contributed by atoms with Crippen molar-refractivity contribution < 1.29 is 9.21 Å². The maximum absolute atomic E-state index is 12.9. The maximum Gasteiger partial charge on any atom is 0.268 e. The Morgan fingerprint density at radius 3 is 2.71 bits per heavy atom. The van der Waals surface area contributed by atoms with Gasteiger partial charge in [-0.05, 0) is 36.6 Å². The second-order valence-electron chi connectivity index (χ2n) is 7.21. The third-order valence-electron chi connectivity index (χ3n) is 4.76. The fourth-order valence-electron chi connectivity index (χ4n) is 3.30. The van der Waals surface area contributed by atoms with Crippen molar-refractivity contribution >= 4 is 5.91 Å². The molecule has 144 valence electrons. The van der Waals surface area contributed by atoms with Gasteiger partial charge >= 0.3 is 0 Å². The van der Waals surface area contributed by atoms with Crippen LogP contribution in [0.15, 0.2) is 46.9 Å². The highest BCUT2D eigenvalue weighted by Crippen LogP contribution is 2.26. The summed E-state index contributed by atoms with van der Waals surface area (Å²) in [5.41, 5.74) is 3.14. The largest absolute Gasteiger partial charge is 0.420 e. The van der Waals surface area contributed by atoms with Crippen LogP contribution in [0.3, 0.4) is 0 Å². The molecular formula is C21H23N5O2. The molecule has 0 atom stereocenters. The quantitative estimate of drug-likeness (QED) is 0.647. The van der Waals surface area contributed by atoms with Crippen LogP contribution in [0.1, 0.15) is 48.1 Å². The van der Waals surface area contributed by atoms with Crippen LogP contribution in [-0.4, -0.2) is 43.9 Å². The highest BCUT2D eigenvalue weighted by molar-refractivity contribution is 5.95. The average Bonchev–Trinajstić information content (AvgIpc) is 3.35. The molecule has 7 heteroatoms. The molecule has 3 heterocycles. The van der Waals surface area contributed by atoms with Crippen molar-refractivity contribution in [2.24, 2.45) is 0 Å². The Balaban J connectivity index is 1.71. The van der Waals surface area contributed by atoms with Gasteiger partial charge in [0.2, 0.25) is 5.89 Å². The summed E-state index contributed by atoms with van der Waals surface area (Å²) in [5.74, 6) is 1.17. The molecule has 0 fully saturated rings. The maximum atomic E-state index is 12.9. The van der Waals surface area contributed by atoms with Crippen LogP contribution in [0.4, 0.5) is 0 Å². The van der Waals surface area contributed by atoms with Gasteiger partial charge in [-0.15, -0.1) is 10.2 Å². The van der Waals surface area contributed by atoms with Crippen molar-refractivity contribution in [1.82, 2.24) is 24.9 Å². The molecule has 0 N–H and O–H groups in total. The molecule has 1 aromatic carbocycles. The summed E-state index contributed by atoms with van der Waals surface area (Å²) in [4.78, 5) is 14.7. The first-order valence-electron chi connectivity index (χ1n) is 9.48. The molecule has 0 spiro atoms. The van der Waals surface area contributed by atoms with Crippen LogP contribution in [0.25, 0.3) is 17.3 Å². The molecule has 1 amide bonds. The molecule has 0 aliphatic carbocycles. The van der Waals surface area contributed by atoms with Crippen molar-refractivity contribution in [2.45, 2.75) is 33.1 Å². The van der Waals surface area contributed by atoms with Crippen LogP contribution in [0.5, 0.6) is 0 Å². The molecule has 0 unspecified atom stereocenters. The lowest BCUT2D eigenvalue weighted by Gasteiger charge is -2.23. The van der Waals surface area contributed by atoms with E-state index in [1.54, 1.807) is 6.92 Å². The van der Waals surface area contributed by atoms with Crippen molar-refractivity contribution in [3.8, 4) is 17.3 Å². The standard InChI is InChI=1S/C21H23N5O2/c1-14(2)19-13-18(20-23-22-15(3)28-20)24-26(19)17-9-7-8-16(12-17)21(27)25-10-5-4-6-11-25/h4-5,7-9,12-14H,6,10-11H2,1-3H3. The second-order valence-corrected chi connectivity index (χ2v) is 7.21. The molecule has 28 heavy (non-hydrogen) atoms. The molecule has 2 aromatic heterocycles. The van der Waals surface area contributed by atoms with Crippen molar-refractivity contribution in [3.05, 3.63) is 59.6 Å². The van der Waals surface area contributed by atoms with E-state index < -0.39 is 0 Å². The SMILES string of the molecule is Cc1nnc(-c2cc(C(C)C)n(-c3cccc(C(=O)N4CC=CCC4)c3)n2)o1. The highest BCUT2D eigenvalue weighted by atomic mass is 16.4. The van der Waals surface area contributed by atoms with E-state index >= 15 is 0 Å². The molecule has 0 saturated carbocycles. The number of hydrogen-bond acceptors (Lipinski definition) is 5. The number of nitrogens with zero attached hydrogens (tertiary/aromatic N) is 5. The zero-order valence-corrected chi connectivity index (χ0v) is 16.3. The minimum Gasteiger partial charge on any atom is -0.420 e. The van der Waals surface area contributed by atoms with Gasteiger partial charge in [0.15, 0.2) is 0 Å². The molecule has 1 aliphatic rings. The predicted octanol–water partition coefficient (Wildman–Crippen LogP) is 3.76. The molecular weight excluding hydrogens is 354 g/mol. The Labute approximate surface area is 163 Å². The minimum absolute atomic E-state index is 0.0391. The van der Waals surface area contributed by atoms with Gasteiger partial charge in [0, 0.05) is 31.3 Å². The number of hydrogen-bond donors (Lipinski definition) is 0. The topological polar surface area (TPSA) is 77.1 Å². The normalized spacial score (nSPS) is 14.1. The third kappa shape index (κ3) is 3.47. The van der Waals surface area contributed by atoms with E-state index in [0.717, 1.165) is 24.3 Å². The molecule has 0 bridgehead atoms. The number of carbonyl (C=O) groups is 1. The summed E-state index contributed by atoms with van der Waals surface area (Å²) < 4.78 is 7.38. The predicted molar refractivity (Wildman–Crippen MR) is 105 cm³/mol. The van der Waals surface area contributed by atoms with Gasteiger partial charge in [0.05, 0.1) is 5.69 Å². The smallest absolute Gasteiger partial charge is 0.268 e. The molecule has 0 radical (unpaired) electrons. The Morgan fingerprint density at radius 1 is 1.18 bits per heavy atom. The van der Waals surface area contributed by atoms with Gasteiger partial charge in [0.1, 0.15) is 5.69 Å². The fraction of sp³-hybridized carbons (Fsp3) is 0.333. The fourth-order valence-corrected chi connectivity index (χ4v) is 3.30. The molecule has 1 aliphatic heterocycles. The van der Waals surface area contributed by atoms with Crippen LogP contribution < -0.4 is 0 Å². The summed E-state index contributed by atoms with van der Waals surface area (Å²) in [6.07, 6.45) is 5.04. The van der Waals surface area contributed by atoms with E-state index in [0.29, 0.717) is 29.6 Å². The highest BCUT2D eigenvalue weighted by Gasteiger charge is 2.20. The second kappa shape index (κ2) is 7.42. The lowest BCUT2D eigenvalue weighted by Crippen LogP contribution is -2.33. The average molecular weight is 377 g/mol. The number of aromatic nitrogens is 4. The van der Waals surface area contributed by atoms with Crippen LogP contribution in [-0.2, 0) is 0 Å². The first kappa shape index (κ1) is 18.2. The lowest BCUT2D eigenvalue weighted by atomic mass is 10.1. The monoisotopic (exact) mass is 377 g/mol. The summed E-state index contributed by atoms with van der Waals surface area (Å²) in [7, 11) is 0. The van der Waals surface area contributed by atoms with Gasteiger partial charge in [-0.2, -0.15) is 5.10 Å². The Morgan fingerprint density at radius 2 is 2.04 bits per heavy atom. The number of carbonyl (C=O) groups excluding carboxylic acids is 1. The molecule has 4 rings (SSSR count). The van der Waals surface area contributed by atoms with E-state index in [4.69, 9.17) is 4.42 Å². The summed E-state index contributed by atoms with van der Waals surface area (Å²) in [6.45, 7) is 7.36. The Hall–Kier alpha value is -3.22. The first-order chi connectivity index (χ1) is 13.5. The number of rotatable bonds is 4. The first-order valence-corrected chi connectivity index (χ1v) is 9.48. The molecule has 0 saturated heterocycles. The number of benzene rings is 1. The van der Waals surface area contributed by atoms with Gasteiger partial charge in [-0.3, -0.25) is 4.79 Å². The summed E-state index contributed by atoms with van der Waals surface area (Å²) >= 11 is 0. The third-order valence-corrected chi connectivity index (χ3v) is 4.76. The van der Waals surface area contributed by atoms with Gasteiger partial charge < -0.3 is 9.32 Å². The van der Waals surface area contributed by atoms with E-state index in [2.05, 4.69) is 35.2 Å². The van der Waals surface area contributed by atoms with E-state index in [1.165, 1.54) is 0 Å². The van der Waals surface area contributed by atoms with Crippen molar-refractivity contribution in [2.75, 3.05) is 13.1 Å². The zero-order valence-electron chi connectivity index (χ0n) is 16.3. The van der Waals surface area contributed by atoms with Crippen molar-refractivity contribution in [1.29, 1.82) is 0 Å². The van der Waals surface area contributed by atoms with Crippen LogP contribution >= 0.6 is 0 Å². The van der Waals surface area contributed by atoms with Gasteiger partial charge in [0.25, 0.3) is 11.8 Å². The lowest BCUT2D eigenvalue weighted by molar-refractivity contribution is 0.0771. The van der Waals surface area contributed by atoms with E-state index in [9.17, 15) is 4.79 Å². The molecule has 7 nitrogen and oxygen atoms in total. The van der Waals surface area contributed by atoms with Crippen LogP contribution in [0.2, 0.25) is 0 Å². The number of aryl methyl sites for hydroxylation is 1. The minimum atomic E-state index is 0.0391.